The number of ether oxygens (including phenoxy) is 7. The molecule has 222 valence electrons. The first-order valence-electron chi connectivity index (χ1n) is 11.9. The van der Waals surface area contributed by atoms with E-state index >= 15 is 0 Å². The number of carbonyl (C=O) groups is 1. The van der Waals surface area contributed by atoms with Crippen molar-refractivity contribution in [3.8, 4) is 0 Å². The number of aliphatic hydroxyl groups is 9. The Hall–Kier alpha value is -1.13. The fourth-order valence-electron chi connectivity index (χ4n) is 4.53. The summed E-state index contributed by atoms with van der Waals surface area (Å²) in [6.45, 7) is -1.18. The summed E-state index contributed by atoms with van der Waals surface area (Å²) in [5.41, 5.74) is 0. The summed E-state index contributed by atoms with van der Waals surface area (Å²) >= 11 is 0. The van der Waals surface area contributed by atoms with E-state index in [9.17, 15) is 50.8 Å². The van der Waals surface area contributed by atoms with Gasteiger partial charge in [0.1, 0.15) is 67.1 Å². The highest BCUT2D eigenvalue weighted by Crippen LogP contribution is 2.33. The number of hydrogen-bond acceptors (Lipinski definition) is 17. The number of hydrogen-bond donors (Lipinski definition) is 9. The van der Waals surface area contributed by atoms with Gasteiger partial charge in [-0.2, -0.15) is 0 Å². The monoisotopic (exact) mass is 560 g/mol. The van der Waals surface area contributed by atoms with Crippen molar-refractivity contribution in [1.29, 1.82) is 0 Å². The topological polar surface area (TPSA) is 264 Å². The Morgan fingerprint density at radius 1 is 0.605 bits per heavy atom. The SMILES string of the molecule is CO[C@@H]1O[C@H](CO)[C@H](O)[C@H](O[C@@H]2O[C@H](CO)[C@H](O[C@H]3O[C@H](CO)[C@H](O)[C@H](O)[C@H]3O)[C@H](O)[C@H]2O)[C@H]1OC(C)=O. The zero-order chi connectivity index (χ0) is 28.3. The molecule has 0 aromatic carbocycles. The average molecular weight is 561 g/mol. The maximum Gasteiger partial charge on any atom is 0.303 e. The predicted molar refractivity (Wildman–Crippen MR) is 116 cm³/mol. The van der Waals surface area contributed by atoms with Gasteiger partial charge in [0.25, 0.3) is 0 Å². The van der Waals surface area contributed by atoms with E-state index in [1.54, 1.807) is 0 Å². The van der Waals surface area contributed by atoms with Crippen LogP contribution in [0.25, 0.3) is 0 Å². The van der Waals surface area contributed by atoms with Gasteiger partial charge in [0.05, 0.1) is 19.8 Å². The largest absolute Gasteiger partial charge is 0.454 e. The first-order chi connectivity index (χ1) is 18.0. The molecule has 3 fully saturated rings. The number of methoxy groups -OCH3 is 1. The first-order valence-corrected chi connectivity index (χ1v) is 11.9. The summed E-state index contributed by atoms with van der Waals surface area (Å²) in [7, 11) is 1.21. The van der Waals surface area contributed by atoms with Crippen LogP contribution < -0.4 is 0 Å². The van der Waals surface area contributed by atoms with Crippen molar-refractivity contribution in [3.63, 3.8) is 0 Å². The van der Waals surface area contributed by atoms with E-state index in [1.165, 1.54) is 7.11 Å². The van der Waals surface area contributed by atoms with Crippen molar-refractivity contribution in [2.45, 2.75) is 99.0 Å². The molecule has 17 nitrogen and oxygen atoms in total. The Morgan fingerprint density at radius 2 is 1.08 bits per heavy atom. The molecule has 3 saturated heterocycles. The van der Waals surface area contributed by atoms with Gasteiger partial charge in [0.15, 0.2) is 25.0 Å². The van der Waals surface area contributed by atoms with Crippen LogP contribution in [0, 0.1) is 0 Å². The minimum absolute atomic E-state index is 0.682. The Bertz CT molecular complexity index is 753. The molecule has 38 heavy (non-hydrogen) atoms. The summed E-state index contributed by atoms with van der Waals surface area (Å²) in [6, 6.07) is 0. The lowest BCUT2D eigenvalue weighted by Crippen LogP contribution is -2.67. The summed E-state index contributed by atoms with van der Waals surface area (Å²) < 4.78 is 37.6. The number of rotatable bonds is 9. The highest BCUT2D eigenvalue weighted by atomic mass is 16.8. The summed E-state index contributed by atoms with van der Waals surface area (Å²) in [5, 5.41) is 91.2. The maximum absolute atomic E-state index is 11.7. The van der Waals surface area contributed by atoms with Crippen molar-refractivity contribution in [2.75, 3.05) is 26.9 Å². The second kappa shape index (κ2) is 13.5. The lowest BCUT2D eigenvalue weighted by molar-refractivity contribution is -0.379. The molecule has 9 N–H and O–H groups in total. The van der Waals surface area contributed by atoms with Gasteiger partial charge in [-0.05, 0) is 0 Å². The molecule has 0 aromatic heterocycles. The zero-order valence-electron chi connectivity index (χ0n) is 20.6. The molecule has 17 heteroatoms. The second-order valence-electron chi connectivity index (χ2n) is 9.13. The summed E-state index contributed by atoms with van der Waals surface area (Å²) in [5.74, 6) is -0.796. The Labute approximate surface area is 216 Å². The van der Waals surface area contributed by atoms with Crippen LogP contribution in [0.1, 0.15) is 6.92 Å². The van der Waals surface area contributed by atoms with Gasteiger partial charge in [-0.15, -0.1) is 0 Å². The Kier molecular flexibility index (Phi) is 11.1. The molecule has 0 radical (unpaired) electrons. The van der Waals surface area contributed by atoms with Crippen LogP contribution in [0.5, 0.6) is 0 Å². The Balaban J connectivity index is 1.78. The van der Waals surface area contributed by atoms with Crippen molar-refractivity contribution < 1.29 is 83.9 Å². The molecule has 0 amide bonds. The smallest absolute Gasteiger partial charge is 0.303 e. The van der Waals surface area contributed by atoms with Gasteiger partial charge >= 0.3 is 5.97 Å². The fourth-order valence-corrected chi connectivity index (χ4v) is 4.53. The van der Waals surface area contributed by atoms with Crippen LogP contribution in [0.4, 0.5) is 0 Å². The van der Waals surface area contributed by atoms with Crippen molar-refractivity contribution in [2.24, 2.45) is 0 Å². The lowest BCUT2D eigenvalue weighted by Gasteiger charge is -2.48. The molecule has 3 aliphatic rings. The van der Waals surface area contributed by atoms with E-state index in [2.05, 4.69) is 0 Å². The van der Waals surface area contributed by atoms with E-state index in [1.807, 2.05) is 0 Å². The minimum atomic E-state index is -1.92. The molecule has 3 heterocycles. The van der Waals surface area contributed by atoms with Gasteiger partial charge in [-0.3, -0.25) is 4.79 Å². The molecule has 0 aliphatic carbocycles. The van der Waals surface area contributed by atoms with Gasteiger partial charge in [0.2, 0.25) is 0 Å². The van der Waals surface area contributed by atoms with Crippen LogP contribution in [-0.2, 0) is 38.0 Å². The standard InChI is InChI=1S/C21H36O17/c1-6(25)33-18-17(11(27)8(4-23)35-21(18)32-2)38-20-15(31)13(29)16(9(5-24)36-20)37-19-14(30)12(28)10(26)7(3-22)34-19/h7-24,26-31H,3-5H2,1-2H3/t7-,8-,9-,10+,11+,12+,13-,14-,15-,16+,17+,18-,19-,20+,21-/m1/s1. The molecule has 0 bridgehead atoms. The molecule has 0 spiro atoms. The van der Waals surface area contributed by atoms with E-state index in [0.29, 0.717) is 0 Å². The zero-order valence-corrected chi connectivity index (χ0v) is 20.6. The normalized spacial score (nSPS) is 48.0. The van der Waals surface area contributed by atoms with E-state index in [-0.39, 0.29) is 0 Å². The number of aliphatic hydroxyl groups excluding tert-OH is 9. The molecule has 0 unspecified atom stereocenters. The summed E-state index contributed by atoms with van der Waals surface area (Å²) in [4.78, 5) is 11.7. The van der Waals surface area contributed by atoms with Crippen molar-refractivity contribution in [3.05, 3.63) is 0 Å². The average Bonchev–Trinajstić information content (AvgIpc) is 2.89. The molecule has 3 aliphatic heterocycles. The second-order valence-corrected chi connectivity index (χ2v) is 9.13. The molecule has 0 aromatic rings. The Morgan fingerprint density at radius 3 is 1.61 bits per heavy atom. The van der Waals surface area contributed by atoms with Gasteiger partial charge in [-0.25, -0.2) is 0 Å². The summed E-state index contributed by atoms with van der Waals surface area (Å²) in [6.07, 6.45) is -24.0. The van der Waals surface area contributed by atoms with Crippen LogP contribution in [0.2, 0.25) is 0 Å². The third-order valence-electron chi connectivity index (χ3n) is 6.58. The molecule has 15 atom stereocenters. The minimum Gasteiger partial charge on any atom is -0.454 e. The van der Waals surface area contributed by atoms with Gasteiger partial charge in [-0.1, -0.05) is 0 Å². The fraction of sp³-hybridized carbons (Fsp3) is 0.952. The highest BCUT2D eigenvalue weighted by Gasteiger charge is 2.54. The maximum atomic E-state index is 11.7. The quantitative estimate of drug-likeness (QED) is 0.119. The highest BCUT2D eigenvalue weighted by molar-refractivity contribution is 5.66. The van der Waals surface area contributed by atoms with Crippen LogP contribution in [0.15, 0.2) is 0 Å². The molecular formula is C21H36O17. The number of carbonyl (C=O) groups excluding carboxylic acids is 1. The van der Waals surface area contributed by atoms with Crippen LogP contribution in [0.3, 0.4) is 0 Å². The third kappa shape index (κ3) is 6.43. The lowest BCUT2D eigenvalue weighted by atomic mass is 9.96. The third-order valence-corrected chi connectivity index (χ3v) is 6.58. The van der Waals surface area contributed by atoms with Crippen LogP contribution >= 0.6 is 0 Å². The van der Waals surface area contributed by atoms with Crippen molar-refractivity contribution in [1.82, 2.24) is 0 Å². The van der Waals surface area contributed by atoms with Gasteiger partial charge < -0.3 is 79.1 Å². The van der Waals surface area contributed by atoms with Crippen LogP contribution in [-0.4, -0.2) is 171 Å². The first kappa shape index (κ1) is 31.4. The van der Waals surface area contributed by atoms with E-state index in [0.717, 1.165) is 6.92 Å². The van der Waals surface area contributed by atoms with E-state index < -0.39 is 118 Å². The van der Waals surface area contributed by atoms with E-state index in [4.69, 9.17) is 33.2 Å². The number of esters is 1. The molecular weight excluding hydrogens is 524 g/mol. The predicted octanol–water partition coefficient (Wildman–Crippen LogP) is -6.35. The van der Waals surface area contributed by atoms with Gasteiger partial charge in [0, 0.05) is 14.0 Å². The van der Waals surface area contributed by atoms with Crippen molar-refractivity contribution >= 4 is 5.97 Å². The molecule has 0 saturated carbocycles. The molecule has 3 rings (SSSR count).